The molecule has 0 atom stereocenters. The van der Waals surface area contributed by atoms with Crippen LogP contribution in [0.25, 0.3) is 10.9 Å². The van der Waals surface area contributed by atoms with Gasteiger partial charge in [0, 0.05) is 5.39 Å². The summed E-state index contributed by atoms with van der Waals surface area (Å²) in [6, 6.07) is 1.71. The fourth-order valence-corrected chi connectivity index (χ4v) is 2.11. The first-order valence-corrected chi connectivity index (χ1v) is 4.96. The topological polar surface area (TPSA) is 37.9 Å². The van der Waals surface area contributed by atoms with Gasteiger partial charge in [0.15, 0.2) is 0 Å². The summed E-state index contributed by atoms with van der Waals surface area (Å²) < 4.78 is 29.2. The summed E-state index contributed by atoms with van der Waals surface area (Å²) in [6.07, 6.45) is 1.55. The fraction of sp³-hybridized carbons (Fsp3) is 0.222. The lowest BCUT2D eigenvalue weighted by atomic mass is 10.1. The molecule has 0 unspecified atom stereocenters. The van der Waals surface area contributed by atoms with E-state index in [1.54, 1.807) is 19.2 Å². The lowest BCUT2D eigenvalue weighted by Gasteiger charge is -2.10. The van der Waals surface area contributed by atoms with Crippen molar-refractivity contribution in [3.8, 4) is 5.75 Å². The van der Waals surface area contributed by atoms with Gasteiger partial charge in [-0.2, -0.15) is 13.9 Å². The summed E-state index contributed by atoms with van der Waals surface area (Å²) in [4.78, 5) is 0. The molecule has 1 aromatic carbocycles. The third kappa shape index (κ3) is 1.81. The first kappa shape index (κ1) is 10.4. The molecule has 0 aliphatic rings. The maximum Gasteiger partial charge on any atom is 0.387 e. The Kier molecular flexibility index (Phi) is 2.60. The van der Waals surface area contributed by atoms with Gasteiger partial charge in [-0.3, -0.25) is 5.10 Å². The van der Waals surface area contributed by atoms with Gasteiger partial charge in [0.1, 0.15) is 5.75 Å². The number of aromatic amines is 1. The third-order valence-electron chi connectivity index (χ3n) is 2.03. The Morgan fingerprint density at radius 1 is 1.53 bits per heavy atom. The lowest BCUT2D eigenvalue weighted by Crippen LogP contribution is -2.04. The van der Waals surface area contributed by atoms with Crippen molar-refractivity contribution in [2.75, 3.05) is 0 Å². The molecule has 0 saturated heterocycles. The second kappa shape index (κ2) is 3.77. The third-order valence-corrected chi connectivity index (χ3v) is 2.82. The van der Waals surface area contributed by atoms with Gasteiger partial charge in [-0.25, -0.2) is 0 Å². The molecular formula is C9H7BrF2N2O. The number of ether oxygens (including phenoxy) is 1. The number of fused-ring (bicyclic) bond motifs is 1. The Hall–Kier alpha value is -1.17. The first-order valence-electron chi connectivity index (χ1n) is 4.16. The largest absolute Gasteiger partial charge is 0.433 e. The molecule has 15 heavy (non-hydrogen) atoms. The number of aromatic nitrogens is 2. The number of halogens is 3. The van der Waals surface area contributed by atoms with Gasteiger partial charge in [0.2, 0.25) is 0 Å². The van der Waals surface area contributed by atoms with Crippen LogP contribution in [0, 0.1) is 6.92 Å². The van der Waals surface area contributed by atoms with E-state index in [4.69, 9.17) is 0 Å². The highest BCUT2D eigenvalue weighted by Gasteiger charge is 2.15. The number of hydrogen-bond acceptors (Lipinski definition) is 2. The number of alkyl halides is 2. The van der Waals surface area contributed by atoms with Gasteiger partial charge in [0.05, 0.1) is 16.2 Å². The highest BCUT2D eigenvalue weighted by atomic mass is 79.9. The van der Waals surface area contributed by atoms with Crippen molar-refractivity contribution in [1.82, 2.24) is 10.2 Å². The average molecular weight is 277 g/mol. The van der Waals surface area contributed by atoms with Crippen LogP contribution in [0.1, 0.15) is 5.56 Å². The molecule has 0 bridgehead atoms. The number of hydrogen-bond donors (Lipinski definition) is 1. The number of H-pyrrole nitrogens is 1. The van der Waals surface area contributed by atoms with Crippen LogP contribution in [0.15, 0.2) is 16.7 Å². The van der Waals surface area contributed by atoms with Gasteiger partial charge in [-0.15, -0.1) is 0 Å². The minimum Gasteiger partial charge on any atom is -0.433 e. The fourth-order valence-electron chi connectivity index (χ4n) is 1.39. The summed E-state index contributed by atoms with van der Waals surface area (Å²) in [5, 5.41) is 7.30. The average Bonchev–Trinajstić information content (AvgIpc) is 2.59. The van der Waals surface area contributed by atoms with Crippen molar-refractivity contribution in [1.29, 1.82) is 0 Å². The van der Waals surface area contributed by atoms with Crippen molar-refractivity contribution in [2.24, 2.45) is 0 Å². The number of nitrogens with one attached hydrogen (secondary N) is 1. The second-order valence-electron chi connectivity index (χ2n) is 3.05. The Labute approximate surface area is 92.6 Å². The second-order valence-corrected chi connectivity index (χ2v) is 3.84. The van der Waals surface area contributed by atoms with Crippen molar-refractivity contribution in [3.05, 3.63) is 22.3 Å². The molecule has 0 radical (unpaired) electrons. The molecule has 6 heteroatoms. The molecule has 1 heterocycles. The molecule has 3 nitrogen and oxygen atoms in total. The monoisotopic (exact) mass is 276 g/mol. The van der Waals surface area contributed by atoms with Crippen LogP contribution >= 0.6 is 15.9 Å². The number of rotatable bonds is 2. The molecule has 0 fully saturated rings. The van der Waals surface area contributed by atoms with Gasteiger partial charge in [0.25, 0.3) is 0 Å². The molecule has 1 aromatic heterocycles. The van der Waals surface area contributed by atoms with E-state index in [1.807, 2.05) is 0 Å². The summed E-state index contributed by atoms with van der Waals surface area (Å²) in [6.45, 7) is -1.13. The highest BCUT2D eigenvalue weighted by molar-refractivity contribution is 9.10. The van der Waals surface area contributed by atoms with E-state index in [1.165, 1.54) is 0 Å². The van der Waals surface area contributed by atoms with Crippen LogP contribution in [0.2, 0.25) is 0 Å². The van der Waals surface area contributed by atoms with E-state index in [0.29, 0.717) is 10.0 Å². The number of benzene rings is 1. The maximum atomic E-state index is 12.1. The molecule has 1 N–H and O–H groups in total. The molecule has 0 amide bonds. The van der Waals surface area contributed by atoms with Crippen LogP contribution in [0.5, 0.6) is 5.75 Å². The lowest BCUT2D eigenvalue weighted by molar-refractivity contribution is -0.0506. The minimum atomic E-state index is -2.83. The molecule has 0 spiro atoms. The first-order chi connectivity index (χ1) is 7.09. The molecule has 80 valence electrons. The van der Waals surface area contributed by atoms with Crippen LogP contribution in [0.3, 0.4) is 0 Å². The molecular weight excluding hydrogens is 270 g/mol. The normalized spacial score (nSPS) is 11.3. The van der Waals surface area contributed by atoms with E-state index in [0.717, 1.165) is 10.9 Å². The van der Waals surface area contributed by atoms with E-state index >= 15 is 0 Å². The number of aryl methyl sites for hydroxylation is 1. The summed E-state index contributed by atoms with van der Waals surface area (Å²) in [5.74, 6) is 0.152. The Balaban J connectivity index is 2.61. The van der Waals surface area contributed by atoms with Gasteiger partial charge in [-0.1, -0.05) is 0 Å². The quantitative estimate of drug-likeness (QED) is 0.915. The van der Waals surface area contributed by atoms with Crippen LogP contribution in [0.4, 0.5) is 8.78 Å². The summed E-state index contributed by atoms with van der Waals surface area (Å²) >= 11 is 3.22. The van der Waals surface area contributed by atoms with E-state index < -0.39 is 6.61 Å². The molecule has 0 aliphatic heterocycles. The van der Waals surface area contributed by atoms with Crippen molar-refractivity contribution >= 4 is 26.8 Å². The Morgan fingerprint density at radius 3 is 2.93 bits per heavy atom. The maximum absolute atomic E-state index is 12.1. The van der Waals surface area contributed by atoms with Crippen LogP contribution in [-0.4, -0.2) is 16.8 Å². The van der Waals surface area contributed by atoms with E-state index in [-0.39, 0.29) is 5.75 Å². The smallest absolute Gasteiger partial charge is 0.387 e. The van der Waals surface area contributed by atoms with Crippen molar-refractivity contribution in [3.63, 3.8) is 0 Å². The van der Waals surface area contributed by atoms with Gasteiger partial charge < -0.3 is 4.74 Å². The highest BCUT2D eigenvalue weighted by Crippen LogP contribution is 2.36. The Morgan fingerprint density at radius 2 is 2.27 bits per heavy atom. The van der Waals surface area contributed by atoms with E-state index in [2.05, 4.69) is 30.9 Å². The van der Waals surface area contributed by atoms with Crippen LogP contribution < -0.4 is 4.74 Å². The standard InChI is InChI=1S/C9H7BrF2N2O/c1-4-2-6-5(3-13-14-6)7(10)8(4)15-9(11)12/h2-3,9H,1H3,(H,13,14). The predicted octanol–water partition coefficient (Wildman–Crippen LogP) is 3.24. The van der Waals surface area contributed by atoms with Crippen molar-refractivity contribution < 1.29 is 13.5 Å². The van der Waals surface area contributed by atoms with E-state index in [9.17, 15) is 8.78 Å². The molecule has 2 aromatic rings. The van der Waals surface area contributed by atoms with Crippen molar-refractivity contribution in [2.45, 2.75) is 13.5 Å². The Bertz CT molecular complexity index is 498. The zero-order valence-electron chi connectivity index (χ0n) is 7.72. The molecule has 0 aliphatic carbocycles. The molecule has 0 saturated carbocycles. The summed E-state index contributed by atoms with van der Waals surface area (Å²) in [7, 11) is 0. The van der Waals surface area contributed by atoms with Gasteiger partial charge in [-0.05, 0) is 34.5 Å². The number of nitrogens with zero attached hydrogens (tertiary/aromatic N) is 1. The predicted molar refractivity (Wildman–Crippen MR) is 55.2 cm³/mol. The SMILES string of the molecule is Cc1cc2[nH]ncc2c(Br)c1OC(F)F. The van der Waals surface area contributed by atoms with Gasteiger partial charge >= 0.3 is 6.61 Å². The molecule has 2 rings (SSSR count). The van der Waals surface area contributed by atoms with Crippen LogP contribution in [-0.2, 0) is 0 Å². The minimum absolute atomic E-state index is 0.152. The zero-order valence-corrected chi connectivity index (χ0v) is 9.31. The summed E-state index contributed by atoms with van der Waals surface area (Å²) in [5.41, 5.74) is 1.40. The zero-order chi connectivity index (χ0) is 11.0.